The number of ether oxygens (including phenoxy) is 1. The first-order chi connectivity index (χ1) is 8.54. The lowest BCUT2D eigenvalue weighted by atomic mass is 10.2. The lowest BCUT2D eigenvalue weighted by molar-refractivity contribution is -0.121. The Morgan fingerprint density at radius 2 is 2.28 bits per heavy atom. The number of hydrogen-bond donors (Lipinski definition) is 2. The van der Waals surface area contributed by atoms with Crippen LogP contribution in [0.15, 0.2) is 22.7 Å². The number of carbonyl (C=O) groups is 1. The quantitative estimate of drug-likeness (QED) is 0.786. The summed E-state index contributed by atoms with van der Waals surface area (Å²) in [6.07, 6.45) is 0. The molecule has 0 aliphatic heterocycles. The second-order valence-electron chi connectivity index (χ2n) is 3.78. The first kappa shape index (κ1) is 15.3. The summed E-state index contributed by atoms with van der Waals surface area (Å²) < 4.78 is 5.69. The standard InChI is InChI=1S/C12H16BrClN2O2/c1-8(12(17)15-5-6-18-2)16-9-3-4-10(13)11(14)7-9/h3-4,7-8,16H,5-6H2,1-2H3,(H,15,17). The molecule has 1 aromatic rings. The van der Waals surface area contributed by atoms with E-state index in [1.54, 1.807) is 20.1 Å². The molecule has 0 bridgehead atoms. The lowest BCUT2D eigenvalue weighted by Crippen LogP contribution is -2.39. The highest BCUT2D eigenvalue weighted by Gasteiger charge is 2.12. The zero-order valence-corrected chi connectivity index (χ0v) is 12.6. The van der Waals surface area contributed by atoms with Crippen LogP contribution in [0.1, 0.15) is 6.92 Å². The average molecular weight is 336 g/mol. The van der Waals surface area contributed by atoms with Crippen LogP contribution in [-0.2, 0) is 9.53 Å². The largest absolute Gasteiger partial charge is 0.383 e. The van der Waals surface area contributed by atoms with Crippen LogP contribution in [0.5, 0.6) is 0 Å². The minimum Gasteiger partial charge on any atom is -0.383 e. The van der Waals surface area contributed by atoms with E-state index in [1.165, 1.54) is 0 Å². The summed E-state index contributed by atoms with van der Waals surface area (Å²) in [6, 6.07) is 5.12. The first-order valence-corrected chi connectivity index (χ1v) is 6.70. The van der Waals surface area contributed by atoms with Gasteiger partial charge in [0.15, 0.2) is 0 Å². The van der Waals surface area contributed by atoms with Crippen molar-refractivity contribution in [2.24, 2.45) is 0 Å². The van der Waals surface area contributed by atoms with Gasteiger partial charge in [0.1, 0.15) is 6.04 Å². The van der Waals surface area contributed by atoms with Gasteiger partial charge in [-0.15, -0.1) is 0 Å². The summed E-state index contributed by atoms with van der Waals surface area (Å²) in [6.45, 7) is 2.79. The van der Waals surface area contributed by atoms with Crippen molar-refractivity contribution < 1.29 is 9.53 Å². The molecule has 0 saturated heterocycles. The van der Waals surface area contributed by atoms with Crippen molar-refractivity contribution in [3.63, 3.8) is 0 Å². The average Bonchev–Trinajstić information content (AvgIpc) is 2.34. The summed E-state index contributed by atoms with van der Waals surface area (Å²) in [5.74, 6) is -0.0777. The van der Waals surface area contributed by atoms with E-state index >= 15 is 0 Å². The fraction of sp³-hybridized carbons (Fsp3) is 0.417. The van der Waals surface area contributed by atoms with Crippen LogP contribution < -0.4 is 10.6 Å². The third-order valence-electron chi connectivity index (χ3n) is 2.30. The van der Waals surface area contributed by atoms with E-state index < -0.39 is 0 Å². The summed E-state index contributed by atoms with van der Waals surface area (Å²) in [5, 5.41) is 6.44. The number of nitrogens with one attached hydrogen (secondary N) is 2. The van der Waals surface area contributed by atoms with Crippen LogP contribution in [-0.4, -0.2) is 32.2 Å². The Morgan fingerprint density at radius 3 is 2.89 bits per heavy atom. The van der Waals surface area contributed by atoms with Crippen molar-refractivity contribution in [2.75, 3.05) is 25.6 Å². The molecule has 100 valence electrons. The number of rotatable bonds is 6. The molecule has 1 unspecified atom stereocenters. The molecule has 0 aromatic heterocycles. The van der Waals surface area contributed by atoms with Gasteiger partial charge in [-0.25, -0.2) is 0 Å². The minimum atomic E-state index is -0.334. The lowest BCUT2D eigenvalue weighted by Gasteiger charge is -2.15. The number of halogens is 2. The number of hydrogen-bond acceptors (Lipinski definition) is 3. The van der Waals surface area contributed by atoms with Crippen LogP contribution in [0, 0.1) is 0 Å². The van der Waals surface area contributed by atoms with Crippen molar-refractivity contribution in [3.05, 3.63) is 27.7 Å². The Hall–Kier alpha value is -0.780. The molecular formula is C12H16BrClN2O2. The van der Waals surface area contributed by atoms with E-state index in [1.807, 2.05) is 12.1 Å². The van der Waals surface area contributed by atoms with Crippen LogP contribution >= 0.6 is 27.5 Å². The van der Waals surface area contributed by atoms with Crippen molar-refractivity contribution >= 4 is 39.1 Å². The van der Waals surface area contributed by atoms with Gasteiger partial charge in [-0.3, -0.25) is 4.79 Å². The van der Waals surface area contributed by atoms with E-state index in [4.69, 9.17) is 16.3 Å². The molecule has 0 fully saturated rings. The molecule has 1 aromatic carbocycles. The maximum Gasteiger partial charge on any atom is 0.242 e. The van der Waals surface area contributed by atoms with Crippen molar-refractivity contribution in [1.29, 1.82) is 0 Å². The Labute approximate surface area is 120 Å². The Morgan fingerprint density at radius 1 is 1.56 bits per heavy atom. The van der Waals surface area contributed by atoms with Gasteiger partial charge in [-0.05, 0) is 41.1 Å². The van der Waals surface area contributed by atoms with Crippen LogP contribution in [0.2, 0.25) is 5.02 Å². The molecule has 0 radical (unpaired) electrons. The molecule has 0 aliphatic carbocycles. The molecule has 4 nitrogen and oxygen atoms in total. The molecule has 0 aliphatic rings. The number of anilines is 1. The van der Waals surface area contributed by atoms with Gasteiger partial charge in [0, 0.05) is 23.8 Å². The second kappa shape index (κ2) is 7.61. The predicted molar refractivity (Wildman–Crippen MR) is 77.1 cm³/mol. The van der Waals surface area contributed by atoms with Gasteiger partial charge in [0.2, 0.25) is 5.91 Å². The Kier molecular flexibility index (Phi) is 6.46. The van der Waals surface area contributed by atoms with Crippen LogP contribution in [0.3, 0.4) is 0 Å². The minimum absolute atomic E-state index is 0.0777. The fourth-order valence-electron chi connectivity index (χ4n) is 1.33. The molecule has 0 heterocycles. The van der Waals surface area contributed by atoms with Crippen molar-refractivity contribution in [1.82, 2.24) is 5.32 Å². The molecule has 6 heteroatoms. The number of benzene rings is 1. The third-order valence-corrected chi connectivity index (χ3v) is 3.53. The molecule has 0 saturated carbocycles. The normalized spacial score (nSPS) is 12.0. The number of carbonyl (C=O) groups excluding carboxylic acids is 1. The van der Waals surface area contributed by atoms with E-state index in [0.29, 0.717) is 18.2 Å². The highest BCUT2D eigenvalue weighted by Crippen LogP contribution is 2.25. The summed E-state index contributed by atoms with van der Waals surface area (Å²) in [5.41, 5.74) is 0.803. The van der Waals surface area contributed by atoms with Gasteiger partial charge in [-0.2, -0.15) is 0 Å². The van der Waals surface area contributed by atoms with Crippen LogP contribution in [0.4, 0.5) is 5.69 Å². The van der Waals surface area contributed by atoms with Gasteiger partial charge in [-0.1, -0.05) is 11.6 Å². The van der Waals surface area contributed by atoms with Gasteiger partial charge in [0.05, 0.1) is 11.6 Å². The second-order valence-corrected chi connectivity index (χ2v) is 5.04. The molecule has 1 atom stereocenters. The van der Waals surface area contributed by atoms with E-state index in [9.17, 15) is 4.79 Å². The van der Waals surface area contributed by atoms with E-state index in [2.05, 4.69) is 26.6 Å². The summed E-state index contributed by atoms with van der Waals surface area (Å²) in [4.78, 5) is 11.7. The van der Waals surface area contributed by atoms with Crippen molar-refractivity contribution in [2.45, 2.75) is 13.0 Å². The molecular weight excluding hydrogens is 320 g/mol. The Balaban J connectivity index is 2.50. The summed E-state index contributed by atoms with van der Waals surface area (Å²) in [7, 11) is 1.59. The van der Waals surface area contributed by atoms with Gasteiger partial charge in [0.25, 0.3) is 0 Å². The monoisotopic (exact) mass is 334 g/mol. The summed E-state index contributed by atoms with van der Waals surface area (Å²) >= 11 is 9.29. The molecule has 1 rings (SSSR count). The SMILES string of the molecule is COCCNC(=O)C(C)Nc1ccc(Br)c(Cl)c1. The highest BCUT2D eigenvalue weighted by atomic mass is 79.9. The van der Waals surface area contributed by atoms with Gasteiger partial charge < -0.3 is 15.4 Å². The first-order valence-electron chi connectivity index (χ1n) is 5.53. The number of methoxy groups -OCH3 is 1. The number of amides is 1. The molecule has 2 N–H and O–H groups in total. The smallest absolute Gasteiger partial charge is 0.242 e. The van der Waals surface area contributed by atoms with E-state index in [0.717, 1.165) is 10.2 Å². The Bertz CT molecular complexity index is 415. The zero-order chi connectivity index (χ0) is 13.5. The van der Waals surface area contributed by atoms with Crippen LogP contribution in [0.25, 0.3) is 0 Å². The molecule has 1 amide bonds. The highest BCUT2D eigenvalue weighted by molar-refractivity contribution is 9.10. The van der Waals surface area contributed by atoms with Crippen molar-refractivity contribution in [3.8, 4) is 0 Å². The van der Waals surface area contributed by atoms with E-state index in [-0.39, 0.29) is 11.9 Å². The third kappa shape index (κ3) is 4.84. The predicted octanol–water partition coefficient (Wildman–Crippen LogP) is 2.67. The maximum atomic E-state index is 11.7. The fourth-order valence-corrected chi connectivity index (χ4v) is 1.76. The topological polar surface area (TPSA) is 50.4 Å². The maximum absolute atomic E-state index is 11.7. The zero-order valence-electron chi connectivity index (χ0n) is 10.3. The van der Waals surface area contributed by atoms with Gasteiger partial charge >= 0.3 is 0 Å². The molecule has 0 spiro atoms. The molecule has 18 heavy (non-hydrogen) atoms.